The molecular weight excluding hydrogens is 244 g/mol. The molecule has 0 aromatic heterocycles. The van der Waals surface area contributed by atoms with Crippen LogP contribution in [0.15, 0.2) is 29.8 Å². The minimum Gasteiger partial charge on any atom is -0.486 e. The van der Waals surface area contributed by atoms with Crippen LogP contribution in [0.4, 0.5) is 0 Å². The summed E-state index contributed by atoms with van der Waals surface area (Å²) in [4.78, 5) is 10.7. The van der Waals surface area contributed by atoms with Crippen LogP contribution >= 0.6 is 0 Å². The van der Waals surface area contributed by atoms with E-state index in [1.165, 1.54) is 0 Å². The van der Waals surface area contributed by atoms with Gasteiger partial charge in [0, 0.05) is 17.6 Å². The molecule has 4 nitrogen and oxygen atoms in total. The molecule has 0 saturated carbocycles. The maximum atomic E-state index is 10.7. The first kappa shape index (κ1) is 13.5. The van der Waals surface area contributed by atoms with E-state index in [-0.39, 0.29) is 17.8 Å². The number of carbonyl (C=O) groups is 1. The summed E-state index contributed by atoms with van der Waals surface area (Å²) in [6.07, 6.45) is 2.39. The highest BCUT2D eigenvalue weighted by atomic mass is 16.5. The highest BCUT2D eigenvalue weighted by Crippen LogP contribution is 2.41. The third-order valence-electron chi connectivity index (χ3n) is 3.02. The van der Waals surface area contributed by atoms with Crippen molar-refractivity contribution in [1.29, 1.82) is 0 Å². The van der Waals surface area contributed by atoms with Gasteiger partial charge in [0.05, 0.1) is 0 Å². The molecule has 0 radical (unpaired) electrons. The zero-order chi connectivity index (χ0) is 14.0. The van der Waals surface area contributed by atoms with Crippen LogP contribution in [0.2, 0.25) is 0 Å². The Bertz CT molecular complexity index is 529. The number of ether oxygens (including phenoxy) is 2. The Labute approximate surface area is 112 Å². The second-order valence-electron chi connectivity index (χ2n) is 5.29. The average molecular weight is 262 g/mol. The minimum absolute atomic E-state index is 0.214. The molecule has 0 aliphatic carbocycles. The van der Waals surface area contributed by atoms with Crippen molar-refractivity contribution >= 4 is 5.97 Å². The van der Waals surface area contributed by atoms with Crippen LogP contribution in [0.1, 0.15) is 26.3 Å². The van der Waals surface area contributed by atoms with Crippen molar-refractivity contribution in [2.24, 2.45) is 0 Å². The summed E-state index contributed by atoms with van der Waals surface area (Å²) >= 11 is 0. The summed E-state index contributed by atoms with van der Waals surface area (Å²) in [7, 11) is 0. The fourth-order valence-corrected chi connectivity index (χ4v) is 2.04. The maximum absolute atomic E-state index is 10.7. The molecule has 19 heavy (non-hydrogen) atoms. The molecule has 0 bridgehead atoms. The van der Waals surface area contributed by atoms with Gasteiger partial charge in [0.25, 0.3) is 0 Å². The maximum Gasteiger partial charge on any atom is 0.331 e. The van der Waals surface area contributed by atoms with Gasteiger partial charge >= 0.3 is 5.97 Å². The van der Waals surface area contributed by atoms with Crippen LogP contribution in [0, 0.1) is 0 Å². The van der Waals surface area contributed by atoms with E-state index in [4.69, 9.17) is 14.6 Å². The number of carboxylic acid groups (broad SMARTS) is 1. The van der Waals surface area contributed by atoms with Gasteiger partial charge in [-0.15, -0.1) is 0 Å². The third kappa shape index (κ3) is 3.08. The molecule has 1 aliphatic heterocycles. The predicted molar refractivity (Wildman–Crippen MR) is 71.7 cm³/mol. The van der Waals surface area contributed by atoms with Crippen molar-refractivity contribution in [2.75, 3.05) is 6.61 Å². The smallest absolute Gasteiger partial charge is 0.331 e. The Balaban J connectivity index is 2.10. The monoisotopic (exact) mass is 262 g/mol. The Morgan fingerprint density at radius 2 is 2.26 bits per heavy atom. The molecule has 1 heterocycles. The Hall–Kier alpha value is -1.97. The van der Waals surface area contributed by atoms with Crippen molar-refractivity contribution in [2.45, 2.75) is 32.8 Å². The molecular formula is C15H18O4. The van der Waals surface area contributed by atoms with Crippen molar-refractivity contribution in [3.63, 3.8) is 0 Å². The number of rotatable bonds is 4. The molecule has 1 aromatic rings. The van der Waals surface area contributed by atoms with Crippen LogP contribution in [-0.4, -0.2) is 23.3 Å². The van der Waals surface area contributed by atoms with Crippen molar-refractivity contribution in [3.05, 3.63) is 35.4 Å². The first-order valence-corrected chi connectivity index (χ1v) is 6.23. The number of hydrogen-bond acceptors (Lipinski definition) is 3. The van der Waals surface area contributed by atoms with Gasteiger partial charge in [0.1, 0.15) is 12.2 Å². The topological polar surface area (TPSA) is 55.8 Å². The summed E-state index contributed by atoms with van der Waals surface area (Å²) < 4.78 is 11.5. The lowest BCUT2D eigenvalue weighted by molar-refractivity contribution is -0.132. The van der Waals surface area contributed by atoms with Gasteiger partial charge < -0.3 is 14.6 Å². The molecule has 4 heteroatoms. The normalized spacial score (nSPS) is 16.7. The molecule has 0 amide bonds. The lowest BCUT2D eigenvalue weighted by atomic mass is 10.0. The highest BCUT2D eigenvalue weighted by Gasteiger charge is 2.32. The third-order valence-corrected chi connectivity index (χ3v) is 3.02. The summed E-state index contributed by atoms with van der Waals surface area (Å²) in [5.41, 5.74) is 1.18. The fraction of sp³-hybridized carbons (Fsp3) is 0.400. The van der Waals surface area contributed by atoms with E-state index < -0.39 is 5.97 Å². The van der Waals surface area contributed by atoms with Crippen molar-refractivity contribution < 1.29 is 19.4 Å². The van der Waals surface area contributed by atoms with E-state index in [0.717, 1.165) is 17.7 Å². The van der Waals surface area contributed by atoms with Crippen LogP contribution in [-0.2, 0) is 11.2 Å². The van der Waals surface area contributed by atoms with Crippen LogP contribution in [0.5, 0.6) is 11.5 Å². The van der Waals surface area contributed by atoms with Gasteiger partial charge in [0.15, 0.2) is 11.5 Å². The molecule has 1 N–H and O–H groups in total. The fourth-order valence-electron chi connectivity index (χ4n) is 2.04. The van der Waals surface area contributed by atoms with Gasteiger partial charge in [0.2, 0.25) is 0 Å². The van der Waals surface area contributed by atoms with E-state index in [2.05, 4.69) is 0 Å². The Morgan fingerprint density at radius 3 is 2.95 bits per heavy atom. The molecule has 0 unspecified atom stereocenters. The number of hydrogen-bond donors (Lipinski definition) is 1. The molecule has 1 aromatic carbocycles. The molecule has 102 valence electrons. The molecule has 0 atom stereocenters. The lowest BCUT2D eigenvalue weighted by Gasteiger charge is -2.18. The molecule has 2 rings (SSSR count). The lowest BCUT2D eigenvalue weighted by Crippen LogP contribution is -2.24. The van der Waals surface area contributed by atoms with E-state index >= 15 is 0 Å². The Kier molecular flexibility index (Phi) is 3.51. The van der Waals surface area contributed by atoms with E-state index in [9.17, 15) is 4.79 Å². The summed E-state index contributed by atoms with van der Waals surface area (Å²) in [5, 5.41) is 8.75. The van der Waals surface area contributed by atoms with Crippen molar-refractivity contribution in [3.8, 4) is 11.5 Å². The second kappa shape index (κ2) is 4.96. The average Bonchev–Trinajstić information content (AvgIpc) is 2.63. The van der Waals surface area contributed by atoms with Crippen molar-refractivity contribution in [1.82, 2.24) is 0 Å². The number of benzene rings is 1. The minimum atomic E-state index is -0.931. The summed E-state index contributed by atoms with van der Waals surface area (Å²) in [6.45, 7) is 5.83. The molecule has 0 saturated heterocycles. The highest BCUT2D eigenvalue weighted by molar-refractivity contribution is 5.85. The predicted octanol–water partition coefficient (Wildman–Crippen LogP) is 2.81. The summed E-state index contributed by atoms with van der Waals surface area (Å²) in [6, 6.07) is 5.78. The van der Waals surface area contributed by atoms with Gasteiger partial charge in [-0.05, 0) is 32.9 Å². The largest absolute Gasteiger partial charge is 0.486 e. The zero-order valence-corrected chi connectivity index (χ0v) is 11.4. The Morgan fingerprint density at radius 1 is 1.53 bits per heavy atom. The number of carboxylic acids is 1. The van der Waals surface area contributed by atoms with Gasteiger partial charge in [-0.3, -0.25) is 0 Å². The van der Waals surface area contributed by atoms with Gasteiger partial charge in [-0.1, -0.05) is 12.1 Å². The van der Waals surface area contributed by atoms with Gasteiger partial charge in [-0.2, -0.15) is 0 Å². The molecule has 0 fully saturated rings. The van der Waals surface area contributed by atoms with E-state index in [1.807, 2.05) is 32.0 Å². The van der Waals surface area contributed by atoms with Crippen LogP contribution in [0.3, 0.4) is 0 Å². The van der Waals surface area contributed by atoms with Gasteiger partial charge in [-0.25, -0.2) is 4.79 Å². The standard InChI is InChI=1S/C15H18O4/c1-10(14(16)17)7-8-18-12-6-4-5-11-9-15(2,3)19-13(11)12/h4-7H,8-9H2,1-3H3,(H,16,17). The number of para-hydroxylation sites is 1. The summed E-state index contributed by atoms with van der Waals surface area (Å²) in [5.74, 6) is 0.505. The second-order valence-corrected chi connectivity index (χ2v) is 5.29. The number of fused-ring (bicyclic) bond motifs is 1. The van der Waals surface area contributed by atoms with E-state index in [0.29, 0.717) is 5.75 Å². The van der Waals surface area contributed by atoms with Crippen LogP contribution in [0.25, 0.3) is 0 Å². The first-order chi connectivity index (χ1) is 8.89. The molecule has 1 aliphatic rings. The van der Waals surface area contributed by atoms with Crippen LogP contribution < -0.4 is 9.47 Å². The first-order valence-electron chi connectivity index (χ1n) is 6.23. The number of aliphatic carboxylic acids is 1. The quantitative estimate of drug-likeness (QED) is 0.848. The molecule has 0 spiro atoms. The zero-order valence-electron chi connectivity index (χ0n) is 11.4. The van der Waals surface area contributed by atoms with E-state index in [1.54, 1.807) is 13.0 Å². The SMILES string of the molecule is CC(=CCOc1cccc2c1OC(C)(C)C2)C(=O)O.